The fourth-order valence-electron chi connectivity index (χ4n) is 2.39. The maximum absolute atomic E-state index is 5.97. The SMILES string of the molecule is CC(CN[C@H]1CNC(C)C1)C[C@@H](N)CCN. The van der Waals surface area contributed by atoms with Gasteiger partial charge in [-0.15, -0.1) is 0 Å². The Balaban J connectivity index is 2.07. The molecule has 4 atom stereocenters. The van der Waals surface area contributed by atoms with Crippen molar-refractivity contribution in [3.05, 3.63) is 0 Å². The zero-order chi connectivity index (χ0) is 12.0. The zero-order valence-corrected chi connectivity index (χ0v) is 10.7. The molecule has 6 N–H and O–H groups in total. The van der Waals surface area contributed by atoms with Crippen molar-refractivity contribution in [2.45, 2.75) is 51.2 Å². The fourth-order valence-corrected chi connectivity index (χ4v) is 2.39. The van der Waals surface area contributed by atoms with Crippen molar-refractivity contribution in [1.29, 1.82) is 0 Å². The molecule has 2 unspecified atom stereocenters. The van der Waals surface area contributed by atoms with E-state index in [1.165, 1.54) is 6.42 Å². The third kappa shape index (κ3) is 5.25. The Kier molecular flexibility index (Phi) is 6.28. The molecule has 0 saturated carbocycles. The summed E-state index contributed by atoms with van der Waals surface area (Å²) in [5, 5.41) is 7.06. The van der Waals surface area contributed by atoms with Gasteiger partial charge in [0, 0.05) is 24.7 Å². The molecule has 1 heterocycles. The van der Waals surface area contributed by atoms with Crippen molar-refractivity contribution < 1.29 is 0 Å². The molecular weight excluding hydrogens is 200 g/mol. The van der Waals surface area contributed by atoms with Gasteiger partial charge in [0.05, 0.1) is 0 Å². The molecule has 1 aliphatic heterocycles. The van der Waals surface area contributed by atoms with Crippen LogP contribution in [0.3, 0.4) is 0 Å². The molecule has 1 rings (SSSR count). The van der Waals surface area contributed by atoms with Crippen LogP contribution in [0.4, 0.5) is 0 Å². The van der Waals surface area contributed by atoms with Crippen LogP contribution in [-0.4, -0.2) is 37.8 Å². The minimum atomic E-state index is 0.266. The maximum atomic E-state index is 5.97. The van der Waals surface area contributed by atoms with Crippen LogP contribution < -0.4 is 22.1 Å². The first-order valence-electron chi connectivity index (χ1n) is 6.54. The summed E-state index contributed by atoms with van der Waals surface area (Å²) < 4.78 is 0. The lowest BCUT2D eigenvalue weighted by Gasteiger charge is -2.19. The van der Waals surface area contributed by atoms with Crippen molar-refractivity contribution in [2.75, 3.05) is 19.6 Å². The molecule has 1 aliphatic rings. The van der Waals surface area contributed by atoms with E-state index in [4.69, 9.17) is 11.5 Å². The Bertz CT molecular complexity index is 186. The van der Waals surface area contributed by atoms with Gasteiger partial charge >= 0.3 is 0 Å². The molecule has 0 amide bonds. The van der Waals surface area contributed by atoms with E-state index in [-0.39, 0.29) is 6.04 Å². The summed E-state index contributed by atoms with van der Waals surface area (Å²) in [6.07, 6.45) is 3.24. The summed E-state index contributed by atoms with van der Waals surface area (Å²) in [5.74, 6) is 0.637. The Hall–Kier alpha value is -0.160. The van der Waals surface area contributed by atoms with Gasteiger partial charge in [0.2, 0.25) is 0 Å². The molecule has 0 aliphatic carbocycles. The summed E-state index contributed by atoms with van der Waals surface area (Å²) in [7, 11) is 0. The van der Waals surface area contributed by atoms with Gasteiger partial charge in [-0.05, 0) is 45.2 Å². The average Bonchev–Trinajstić information content (AvgIpc) is 2.61. The van der Waals surface area contributed by atoms with Crippen LogP contribution in [0, 0.1) is 5.92 Å². The smallest absolute Gasteiger partial charge is 0.0207 e. The van der Waals surface area contributed by atoms with E-state index in [2.05, 4.69) is 24.5 Å². The van der Waals surface area contributed by atoms with Crippen molar-refractivity contribution in [3.8, 4) is 0 Å². The highest BCUT2D eigenvalue weighted by Crippen LogP contribution is 2.09. The number of nitrogens with two attached hydrogens (primary N) is 2. The van der Waals surface area contributed by atoms with E-state index in [1.54, 1.807) is 0 Å². The van der Waals surface area contributed by atoms with Gasteiger partial charge in [-0.1, -0.05) is 6.92 Å². The Morgan fingerprint density at radius 3 is 2.81 bits per heavy atom. The molecule has 96 valence electrons. The van der Waals surface area contributed by atoms with Crippen molar-refractivity contribution >= 4 is 0 Å². The summed E-state index contributed by atoms with van der Waals surface area (Å²) in [6, 6.07) is 1.57. The molecule has 0 aromatic heterocycles. The van der Waals surface area contributed by atoms with E-state index in [9.17, 15) is 0 Å². The quantitative estimate of drug-likeness (QED) is 0.496. The molecule has 0 spiro atoms. The first kappa shape index (κ1) is 13.9. The lowest BCUT2D eigenvalue weighted by molar-refractivity contribution is 0.400. The number of hydrogen-bond donors (Lipinski definition) is 4. The second-order valence-corrected chi connectivity index (χ2v) is 5.33. The molecule has 0 aromatic carbocycles. The van der Waals surface area contributed by atoms with Gasteiger partial charge < -0.3 is 22.1 Å². The van der Waals surface area contributed by atoms with Gasteiger partial charge in [-0.3, -0.25) is 0 Å². The van der Waals surface area contributed by atoms with Gasteiger partial charge in [-0.25, -0.2) is 0 Å². The van der Waals surface area contributed by atoms with E-state index in [1.807, 2.05) is 0 Å². The second kappa shape index (κ2) is 7.22. The van der Waals surface area contributed by atoms with E-state index in [0.717, 1.165) is 25.9 Å². The monoisotopic (exact) mass is 228 g/mol. The van der Waals surface area contributed by atoms with Gasteiger partial charge in [0.15, 0.2) is 0 Å². The molecule has 0 bridgehead atoms. The first-order valence-corrected chi connectivity index (χ1v) is 6.54. The third-order valence-corrected chi connectivity index (χ3v) is 3.35. The highest BCUT2D eigenvalue weighted by Gasteiger charge is 2.20. The summed E-state index contributed by atoms with van der Waals surface area (Å²) in [5.41, 5.74) is 11.5. The Morgan fingerprint density at radius 2 is 2.25 bits per heavy atom. The van der Waals surface area contributed by atoms with Crippen molar-refractivity contribution in [3.63, 3.8) is 0 Å². The number of nitrogens with one attached hydrogen (secondary N) is 2. The molecule has 16 heavy (non-hydrogen) atoms. The van der Waals surface area contributed by atoms with Gasteiger partial charge in [0.1, 0.15) is 0 Å². The van der Waals surface area contributed by atoms with Crippen LogP contribution in [0.25, 0.3) is 0 Å². The predicted octanol–water partition coefficient (Wildman–Crippen LogP) is 0.0287. The Labute approximate surface area is 99.5 Å². The molecule has 4 heteroatoms. The van der Waals surface area contributed by atoms with Gasteiger partial charge in [0.25, 0.3) is 0 Å². The zero-order valence-electron chi connectivity index (χ0n) is 10.7. The predicted molar refractivity (Wildman–Crippen MR) is 69.3 cm³/mol. The molecule has 4 nitrogen and oxygen atoms in total. The molecule has 1 fully saturated rings. The lowest BCUT2D eigenvalue weighted by atomic mass is 9.99. The third-order valence-electron chi connectivity index (χ3n) is 3.35. The van der Waals surface area contributed by atoms with E-state index < -0.39 is 0 Å². The van der Waals surface area contributed by atoms with Crippen LogP contribution in [0.2, 0.25) is 0 Å². The fraction of sp³-hybridized carbons (Fsp3) is 1.00. The standard InChI is InChI=1S/C12H28N4/c1-9(5-11(14)3-4-13)7-16-12-6-10(2)15-8-12/h9-12,15-16H,3-8,13-14H2,1-2H3/t9?,10?,11-,12+/m0/s1. The van der Waals surface area contributed by atoms with Crippen LogP contribution in [0.1, 0.15) is 33.1 Å². The topological polar surface area (TPSA) is 76.1 Å². The van der Waals surface area contributed by atoms with E-state index >= 15 is 0 Å². The molecule has 0 aromatic rings. The molecule has 0 radical (unpaired) electrons. The van der Waals surface area contributed by atoms with Crippen molar-refractivity contribution in [1.82, 2.24) is 10.6 Å². The van der Waals surface area contributed by atoms with Crippen LogP contribution in [-0.2, 0) is 0 Å². The second-order valence-electron chi connectivity index (χ2n) is 5.33. The minimum absolute atomic E-state index is 0.266. The highest BCUT2D eigenvalue weighted by molar-refractivity contribution is 4.84. The highest BCUT2D eigenvalue weighted by atomic mass is 15.0. The van der Waals surface area contributed by atoms with Crippen molar-refractivity contribution in [2.24, 2.45) is 17.4 Å². The minimum Gasteiger partial charge on any atom is -0.330 e. The summed E-state index contributed by atoms with van der Waals surface area (Å²) in [4.78, 5) is 0. The normalized spacial score (nSPS) is 29.2. The molecular formula is C12H28N4. The van der Waals surface area contributed by atoms with Crippen LogP contribution in [0.15, 0.2) is 0 Å². The summed E-state index contributed by atoms with van der Waals surface area (Å²) >= 11 is 0. The lowest BCUT2D eigenvalue weighted by Crippen LogP contribution is -2.36. The summed E-state index contributed by atoms with van der Waals surface area (Å²) in [6.45, 7) is 7.36. The average molecular weight is 228 g/mol. The maximum Gasteiger partial charge on any atom is 0.0207 e. The Morgan fingerprint density at radius 1 is 1.50 bits per heavy atom. The largest absolute Gasteiger partial charge is 0.330 e. The number of rotatable bonds is 7. The van der Waals surface area contributed by atoms with Crippen LogP contribution >= 0.6 is 0 Å². The van der Waals surface area contributed by atoms with E-state index in [0.29, 0.717) is 24.5 Å². The van der Waals surface area contributed by atoms with Gasteiger partial charge in [-0.2, -0.15) is 0 Å². The molecule has 1 saturated heterocycles. The first-order chi connectivity index (χ1) is 7.61. The van der Waals surface area contributed by atoms with Crippen LogP contribution in [0.5, 0.6) is 0 Å². The number of hydrogen-bond acceptors (Lipinski definition) is 4.